The minimum absolute atomic E-state index is 0.0233. The smallest absolute Gasteiger partial charge is 0.387 e. The number of halogens is 2. The van der Waals surface area contributed by atoms with E-state index in [4.69, 9.17) is 0 Å². The Morgan fingerprint density at radius 2 is 1.79 bits per heavy atom. The summed E-state index contributed by atoms with van der Waals surface area (Å²) in [5.41, 5.74) is 0.276. The summed E-state index contributed by atoms with van der Waals surface area (Å²) in [6.07, 6.45) is 0. The van der Waals surface area contributed by atoms with E-state index < -0.39 is 12.5 Å². The number of hydrogen-bond donors (Lipinski definition) is 1. The third kappa shape index (κ3) is 5.03. The number of carbonyl (C=O) groups excluding carboxylic acids is 2. The number of hydrogen-bond acceptors (Lipinski definition) is 3. The molecular formula is C13H15F2NO3. The number of nitrogens with one attached hydrogen (secondary N) is 1. The Morgan fingerprint density at radius 1 is 1.21 bits per heavy atom. The number of alkyl halides is 2. The van der Waals surface area contributed by atoms with Gasteiger partial charge in [0.2, 0.25) is 0 Å². The molecule has 1 rings (SSSR count). The van der Waals surface area contributed by atoms with E-state index in [1.54, 1.807) is 13.8 Å². The second-order valence-electron chi connectivity index (χ2n) is 4.21. The lowest BCUT2D eigenvalue weighted by atomic mass is 10.1. The van der Waals surface area contributed by atoms with Gasteiger partial charge in [-0.2, -0.15) is 8.78 Å². The maximum atomic E-state index is 11.9. The van der Waals surface area contributed by atoms with Crippen LogP contribution in [-0.4, -0.2) is 24.8 Å². The Kier molecular flexibility index (Phi) is 5.41. The molecule has 0 saturated carbocycles. The van der Waals surface area contributed by atoms with Gasteiger partial charge in [0, 0.05) is 11.5 Å². The van der Waals surface area contributed by atoms with Gasteiger partial charge in [0.05, 0.1) is 6.54 Å². The maximum Gasteiger partial charge on any atom is 0.387 e. The summed E-state index contributed by atoms with van der Waals surface area (Å²) in [4.78, 5) is 23.0. The lowest BCUT2D eigenvalue weighted by Gasteiger charge is -2.08. The van der Waals surface area contributed by atoms with Crippen LogP contribution in [0.5, 0.6) is 5.75 Å². The molecule has 0 atom stereocenters. The SMILES string of the molecule is CC(C)C(=O)CNC(=O)c1ccc(OC(F)F)cc1. The Bertz CT molecular complexity index is 444. The van der Waals surface area contributed by atoms with E-state index in [0.29, 0.717) is 0 Å². The summed E-state index contributed by atoms with van der Waals surface area (Å²) in [7, 11) is 0. The summed E-state index contributed by atoms with van der Waals surface area (Å²) >= 11 is 0. The van der Waals surface area contributed by atoms with Crippen molar-refractivity contribution in [2.45, 2.75) is 20.5 Å². The Morgan fingerprint density at radius 3 is 2.26 bits per heavy atom. The van der Waals surface area contributed by atoms with Crippen LogP contribution in [-0.2, 0) is 4.79 Å². The number of carbonyl (C=O) groups is 2. The average Bonchev–Trinajstić information content (AvgIpc) is 2.35. The van der Waals surface area contributed by atoms with Crippen molar-refractivity contribution in [1.29, 1.82) is 0 Å². The van der Waals surface area contributed by atoms with Crippen molar-refractivity contribution in [3.05, 3.63) is 29.8 Å². The molecule has 6 heteroatoms. The molecule has 0 aliphatic rings. The summed E-state index contributed by atoms with van der Waals surface area (Å²) in [5, 5.41) is 2.46. The number of benzene rings is 1. The first kappa shape index (κ1) is 15.1. The van der Waals surface area contributed by atoms with Crippen LogP contribution in [0.2, 0.25) is 0 Å². The number of rotatable bonds is 6. The van der Waals surface area contributed by atoms with E-state index in [-0.39, 0.29) is 29.6 Å². The number of ketones is 1. The van der Waals surface area contributed by atoms with Gasteiger partial charge in [0.15, 0.2) is 5.78 Å². The molecule has 0 aliphatic carbocycles. The predicted octanol–water partition coefficient (Wildman–Crippen LogP) is 2.24. The van der Waals surface area contributed by atoms with E-state index in [1.165, 1.54) is 24.3 Å². The monoisotopic (exact) mass is 271 g/mol. The highest BCUT2D eigenvalue weighted by atomic mass is 19.3. The molecule has 0 radical (unpaired) electrons. The Labute approximate surface area is 109 Å². The van der Waals surface area contributed by atoms with E-state index in [9.17, 15) is 18.4 Å². The van der Waals surface area contributed by atoms with Crippen molar-refractivity contribution in [1.82, 2.24) is 5.32 Å². The van der Waals surface area contributed by atoms with Crippen molar-refractivity contribution in [3.63, 3.8) is 0 Å². The lowest BCUT2D eigenvalue weighted by molar-refractivity contribution is -0.120. The first-order chi connectivity index (χ1) is 8.90. The summed E-state index contributed by atoms with van der Waals surface area (Å²) < 4.78 is 28.0. The first-order valence-corrected chi connectivity index (χ1v) is 5.76. The van der Waals surface area contributed by atoms with Crippen LogP contribution in [0.4, 0.5) is 8.78 Å². The highest BCUT2D eigenvalue weighted by Crippen LogP contribution is 2.14. The number of Topliss-reactive ketones (excluding diaryl/α,β-unsaturated/α-hetero) is 1. The van der Waals surface area contributed by atoms with Crippen LogP contribution in [0, 0.1) is 5.92 Å². The first-order valence-electron chi connectivity index (χ1n) is 5.76. The lowest BCUT2D eigenvalue weighted by Crippen LogP contribution is -2.31. The molecule has 4 nitrogen and oxygen atoms in total. The molecule has 0 fully saturated rings. The van der Waals surface area contributed by atoms with Crippen molar-refractivity contribution >= 4 is 11.7 Å². The molecule has 0 heterocycles. The van der Waals surface area contributed by atoms with E-state index in [0.717, 1.165) is 0 Å². The van der Waals surface area contributed by atoms with Gasteiger partial charge in [0.1, 0.15) is 5.75 Å². The second-order valence-corrected chi connectivity index (χ2v) is 4.21. The van der Waals surface area contributed by atoms with Gasteiger partial charge in [-0.15, -0.1) is 0 Å². The van der Waals surface area contributed by atoms with Crippen LogP contribution in [0.3, 0.4) is 0 Å². The summed E-state index contributed by atoms with van der Waals surface area (Å²) in [6, 6.07) is 5.25. The third-order valence-corrected chi connectivity index (χ3v) is 2.41. The third-order valence-electron chi connectivity index (χ3n) is 2.41. The molecule has 0 saturated heterocycles. The summed E-state index contributed by atoms with van der Waals surface area (Å²) in [5.74, 6) is -0.685. The molecule has 1 N–H and O–H groups in total. The second kappa shape index (κ2) is 6.82. The van der Waals surface area contributed by atoms with Crippen LogP contribution in [0.15, 0.2) is 24.3 Å². The van der Waals surface area contributed by atoms with Gasteiger partial charge >= 0.3 is 6.61 Å². The van der Waals surface area contributed by atoms with Gasteiger partial charge in [0.25, 0.3) is 5.91 Å². The standard InChI is InChI=1S/C13H15F2NO3/c1-8(2)11(17)7-16-12(18)9-3-5-10(6-4-9)19-13(14)15/h3-6,8,13H,7H2,1-2H3,(H,16,18). The molecule has 1 aromatic carbocycles. The van der Waals surface area contributed by atoms with Crippen LogP contribution in [0.1, 0.15) is 24.2 Å². The van der Waals surface area contributed by atoms with Gasteiger partial charge in [-0.3, -0.25) is 9.59 Å². The molecule has 0 bridgehead atoms. The zero-order valence-corrected chi connectivity index (χ0v) is 10.7. The van der Waals surface area contributed by atoms with E-state index >= 15 is 0 Å². The molecule has 1 amide bonds. The molecular weight excluding hydrogens is 256 g/mol. The van der Waals surface area contributed by atoms with Gasteiger partial charge < -0.3 is 10.1 Å². The minimum Gasteiger partial charge on any atom is -0.435 e. The van der Waals surface area contributed by atoms with Crippen molar-refractivity contribution in [2.75, 3.05) is 6.54 Å². The molecule has 0 aromatic heterocycles. The van der Waals surface area contributed by atoms with Crippen molar-refractivity contribution in [3.8, 4) is 5.75 Å². The zero-order chi connectivity index (χ0) is 14.4. The van der Waals surface area contributed by atoms with Gasteiger partial charge in [-0.25, -0.2) is 0 Å². The van der Waals surface area contributed by atoms with Crippen molar-refractivity contribution < 1.29 is 23.1 Å². The fraction of sp³-hybridized carbons (Fsp3) is 0.385. The highest BCUT2D eigenvalue weighted by Gasteiger charge is 2.11. The molecule has 19 heavy (non-hydrogen) atoms. The molecule has 0 spiro atoms. The van der Waals surface area contributed by atoms with Crippen LogP contribution in [0.25, 0.3) is 0 Å². The minimum atomic E-state index is -2.90. The van der Waals surface area contributed by atoms with Gasteiger partial charge in [-0.05, 0) is 24.3 Å². The fourth-order valence-electron chi connectivity index (χ4n) is 1.26. The topological polar surface area (TPSA) is 55.4 Å². The van der Waals surface area contributed by atoms with Crippen molar-refractivity contribution in [2.24, 2.45) is 5.92 Å². The molecule has 1 aromatic rings. The number of ether oxygens (including phenoxy) is 1. The average molecular weight is 271 g/mol. The predicted molar refractivity (Wildman–Crippen MR) is 65.3 cm³/mol. The maximum absolute atomic E-state index is 11.9. The largest absolute Gasteiger partial charge is 0.435 e. The number of amides is 1. The van der Waals surface area contributed by atoms with Crippen LogP contribution < -0.4 is 10.1 Å². The Hall–Kier alpha value is -1.98. The molecule has 104 valence electrons. The zero-order valence-electron chi connectivity index (χ0n) is 10.7. The fourth-order valence-corrected chi connectivity index (χ4v) is 1.26. The molecule has 0 aliphatic heterocycles. The quantitative estimate of drug-likeness (QED) is 0.863. The Balaban J connectivity index is 2.56. The molecule has 0 unspecified atom stereocenters. The normalized spacial score (nSPS) is 10.6. The van der Waals surface area contributed by atoms with Crippen LogP contribution >= 0.6 is 0 Å². The van der Waals surface area contributed by atoms with Gasteiger partial charge in [-0.1, -0.05) is 13.8 Å². The van der Waals surface area contributed by atoms with E-state index in [2.05, 4.69) is 10.1 Å². The highest BCUT2D eigenvalue weighted by molar-refractivity contribution is 5.97. The van der Waals surface area contributed by atoms with E-state index in [1.807, 2.05) is 0 Å². The summed E-state index contributed by atoms with van der Waals surface area (Å²) in [6.45, 7) is 0.533.